The Morgan fingerprint density at radius 1 is 0.810 bits per heavy atom. The molecular formula is C47H53N11O4S. The maximum atomic E-state index is 12.9. The minimum absolute atomic E-state index is 0.0171. The molecule has 0 bridgehead atoms. The van der Waals surface area contributed by atoms with Crippen LogP contribution in [0.1, 0.15) is 53.8 Å². The molecule has 16 heteroatoms. The number of anilines is 2. The first kappa shape index (κ1) is 40.9. The maximum Gasteiger partial charge on any atom is 0.245 e. The van der Waals surface area contributed by atoms with E-state index in [0.717, 1.165) is 120 Å². The van der Waals surface area contributed by atoms with E-state index in [0.29, 0.717) is 44.4 Å². The normalized spacial score (nSPS) is 21.6. The fourth-order valence-corrected chi connectivity index (χ4v) is 11.3. The van der Waals surface area contributed by atoms with Crippen LogP contribution in [0.3, 0.4) is 0 Å². The van der Waals surface area contributed by atoms with Gasteiger partial charge in [-0.2, -0.15) is 0 Å². The Morgan fingerprint density at radius 2 is 1.43 bits per heavy atom. The number of hydrogen-bond acceptors (Lipinski definition) is 12. The zero-order valence-electron chi connectivity index (χ0n) is 35.6. The Labute approximate surface area is 370 Å². The van der Waals surface area contributed by atoms with E-state index in [2.05, 4.69) is 65.7 Å². The van der Waals surface area contributed by atoms with Crippen LogP contribution in [-0.4, -0.2) is 114 Å². The summed E-state index contributed by atoms with van der Waals surface area (Å²) in [6, 6.07) is 10.5. The number of nitrogens with two attached hydrogens (primary N) is 2. The van der Waals surface area contributed by atoms with E-state index in [-0.39, 0.29) is 35.7 Å². The van der Waals surface area contributed by atoms with Crippen molar-refractivity contribution in [2.75, 3.05) is 63.9 Å². The molecule has 1 aromatic carbocycles. The van der Waals surface area contributed by atoms with Crippen LogP contribution in [0.15, 0.2) is 73.7 Å². The lowest BCUT2D eigenvalue weighted by Crippen LogP contribution is -2.39. The molecule has 0 radical (unpaired) electrons. The van der Waals surface area contributed by atoms with E-state index in [1.807, 2.05) is 29.0 Å². The molecule has 10 rings (SSSR count). The molecule has 4 N–H and O–H groups in total. The van der Waals surface area contributed by atoms with Crippen LogP contribution in [0, 0.1) is 5.92 Å². The zero-order valence-corrected chi connectivity index (χ0v) is 36.4. The number of ether oxygens (including phenoxy) is 2. The molecule has 63 heavy (non-hydrogen) atoms. The molecule has 4 fully saturated rings. The maximum absolute atomic E-state index is 12.9. The fraction of sp³-hybridized carbons (Fsp3) is 0.404. The van der Waals surface area contributed by atoms with Crippen LogP contribution in [0.2, 0.25) is 0 Å². The zero-order chi connectivity index (χ0) is 43.4. The van der Waals surface area contributed by atoms with E-state index < -0.39 is 0 Å². The van der Waals surface area contributed by atoms with Gasteiger partial charge in [0, 0.05) is 105 Å². The van der Waals surface area contributed by atoms with Crippen molar-refractivity contribution >= 4 is 56.9 Å². The highest BCUT2D eigenvalue weighted by atomic mass is 32.1. The molecule has 8 heterocycles. The quantitative estimate of drug-likeness (QED) is 0.139. The molecule has 4 unspecified atom stereocenters. The van der Waals surface area contributed by atoms with E-state index in [9.17, 15) is 9.59 Å². The molecule has 0 spiro atoms. The van der Waals surface area contributed by atoms with E-state index >= 15 is 0 Å². The topological polar surface area (TPSA) is 176 Å². The summed E-state index contributed by atoms with van der Waals surface area (Å²) in [6.07, 6.45) is 9.39. The summed E-state index contributed by atoms with van der Waals surface area (Å²) in [5, 5.41) is 3.91. The largest absolute Gasteiger partial charge is 0.490 e. The number of nitrogens with zero attached hydrogens (tertiary/aromatic N) is 9. The van der Waals surface area contributed by atoms with Crippen LogP contribution < -0.4 is 16.2 Å². The number of rotatable bonds is 12. The molecule has 3 aliphatic heterocycles. The lowest BCUT2D eigenvalue weighted by Gasteiger charge is -2.37. The van der Waals surface area contributed by atoms with Crippen molar-refractivity contribution in [3.8, 4) is 28.0 Å². The standard InChI is InChI=1S/C47H53N11O4S/c1-4-36(59)56-14-12-30(21-56)42-38(40-44(48)50-26-52-46(40)54(42)3)28-6-9-33(10-7-28)62-35-11-8-29(35)23-58-43(31-13-15-57(22-31)37(60)5-2)39(41-45(49)51-27-53-47(41)58)32-20-34(63-25-32)24-55-16-18-61-19-17-55/h4-7,9-10,20,25-27,29-31,35H,1-2,8,11-19,21-24H2,3H3,(H2,48,50,52)(H2,49,51,53). The van der Waals surface area contributed by atoms with Crippen LogP contribution in [0.4, 0.5) is 11.6 Å². The van der Waals surface area contributed by atoms with Gasteiger partial charge in [-0.15, -0.1) is 11.3 Å². The summed E-state index contributed by atoms with van der Waals surface area (Å²) in [5.41, 5.74) is 21.3. The van der Waals surface area contributed by atoms with Gasteiger partial charge in [0.05, 0.1) is 24.0 Å². The van der Waals surface area contributed by atoms with Gasteiger partial charge in [-0.25, -0.2) is 19.9 Å². The van der Waals surface area contributed by atoms with Crippen LogP contribution in [0.5, 0.6) is 5.75 Å². The Balaban J connectivity index is 0.951. The summed E-state index contributed by atoms with van der Waals surface area (Å²) in [6.45, 7) is 14.8. The first-order valence-electron chi connectivity index (χ1n) is 21.9. The number of carbonyl (C=O) groups is 2. The van der Waals surface area contributed by atoms with Gasteiger partial charge in [0.25, 0.3) is 0 Å². The number of fused-ring (bicyclic) bond motifs is 2. The van der Waals surface area contributed by atoms with Gasteiger partial charge in [-0.1, -0.05) is 25.3 Å². The fourth-order valence-electron chi connectivity index (χ4n) is 10.4. The number of aromatic nitrogens is 6. The van der Waals surface area contributed by atoms with Gasteiger partial charge in [-0.3, -0.25) is 14.5 Å². The third kappa shape index (κ3) is 7.42. The van der Waals surface area contributed by atoms with E-state index in [4.69, 9.17) is 25.9 Å². The molecule has 2 amide bonds. The van der Waals surface area contributed by atoms with Gasteiger partial charge in [0.15, 0.2) is 0 Å². The molecule has 3 saturated heterocycles. The van der Waals surface area contributed by atoms with Crippen LogP contribution >= 0.6 is 11.3 Å². The SMILES string of the molecule is C=CC(=O)N1CCC(c2c(-c3ccc(OC4CCC4Cn4c(C5CCN(C(=O)C=C)C5)c(-c5csc(CN6CCOCC6)c5)c5c(N)ncnc54)cc3)c3c(N)ncnc3n2C)C1. The first-order valence-corrected chi connectivity index (χ1v) is 22.8. The lowest BCUT2D eigenvalue weighted by molar-refractivity contribution is -0.125. The number of amides is 2. The third-order valence-corrected chi connectivity index (χ3v) is 14.6. The smallest absolute Gasteiger partial charge is 0.245 e. The van der Waals surface area contributed by atoms with Gasteiger partial charge in [-0.05, 0) is 72.5 Å². The number of hydrogen-bond donors (Lipinski definition) is 2. The molecule has 4 atom stereocenters. The number of benzene rings is 1. The monoisotopic (exact) mass is 867 g/mol. The molecule has 4 aliphatic rings. The molecule has 1 saturated carbocycles. The van der Waals surface area contributed by atoms with Crippen molar-refractivity contribution in [2.45, 2.75) is 56.7 Å². The highest BCUT2D eigenvalue weighted by Gasteiger charge is 2.39. The van der Waals surface area contributed by atoms with Gasteiger partial charge in [0.2, 0.25) is 11.8 Å². The molecular weight excluding hydrogens is 815 g/mol. The predicted octanol–water partition coefficient (Wildman–Crippen LogP) is 5.97. The molecule has 15 nitrogen and oxygen atoms in total. The highest BCUT2D eigenvalue weighted by molar-refractivity contribution is 7.10. The van der Waals surface area contributed by atoms with Gasteiger partial charge < -0.3 is 39.9 Å². The minimum atomic E-state index is -0.0618. The van der Waals surface area contributed by atoms with Gasteiger partial charge >= 0.3 is 0 Å². The second kappa shape index (κ2) is 16.9. The number of nitrogen functional groups attached to an aromatic ring is 2. The molecule has 1 aliphatic carbocycles. The lowest BCUT2D eigenvalue weighted by atomic mass is 9.81. The second-order valence-electron chi connectivity index (χ2n) is 17.3. The van der Waals surface area contributed by atoms with Crippen molar-refractivity contribution < 1.29 is 19.1 Å². The summed E-state index contributed by atoms with van der Waals surface area (Å²) >= 11 is 1.76. The van der Waals surface area contributed by atoms with Crippen molar-refractivity contribution in [1.29, 1.82) is 0 Å². The average molecular weight is 868 g/mol. The summed E-state index contributed by atoms with van der Waals surface area (Å²) in [7, 11) is 2.01. The van der Waals surface area contributed by atoms with Crippen molar-refractivity contribution in [3.05, 3.63) is 89.9 Å². The minimum Gasteiger partial charge on any atom is -0.490 e. The Hall–Kier alpha value is -6.10. The molecule has 6 aromatic rings. The summed E-state index contributed by atoms with van der Waals surface area (Å²) < 4.78 is 16.9. The van der Waals surface area contributed by atoms with Crippen molar-refractivity contribution in [3.63, 3.8) is 0 Å². The number of morpholine rings is 1. The van der Waals surface area contributed by atoms with Crippen LogP contribution in [-0.2, 0) is 34.5 Å². The second-order valence-corrected chi connectivity index (χ2v) is 18.3. The van der Waals surface area contributed by atoms with Crippen molar-refractivity contribution in [2.24, 2.45) is 13.0 Å². The highest BCUT2D eigenvalue weighted by Crippen LogP contribution is 2.47. The molecule has 326 valence electrons. The average Bonchev–Trinajstić information content (AvgIpc) is 4.15. The number of thiophene rings is 1. The number of carbonyl (C=O) groups excluding carboxylic acids is 2. The van der Waals surface area contributed by atoms with E-state index in [1.165, 1.54) is 23.4 Å². The number of likely N-dealkylation sites (tertiary alicyclic amines) is 2. The van der Waals surface area contributed by atoms with Gasteiger partial charge in [0.1, 0.15) is 47.4 Å². The van der Waals surface area contributed by atoms with E-state index in [1.54, 1.807) is 17.7 Å². The Bertz CT molecular complexity index is 2730. The van der Waals surface area contributed by atoms with Crippen LogP contribution in [0.25, 0.3) is 44.3 Å². The molecule has 5 aromatic heterocycles. The Kier molecular flexibility index (Phi) is 11.0. The first-order chi connectivity index (χ1) is 30.7. The predicted molar refractivity (Wildman–Crippen MR) is 245 cm³/mol. The Morgan fingerprint density at radius 3 is 2.06 bits per heavy atom. The summed E-state index contributed by atoms with van der Waals surface area (Å²) in [4.78, 5) is 51.3. The third-order valence-electron chi connectivity index (χ3n) is 13.7. The summed E-state index contributed by atoms with van der Waals surface area (Å²) in [5.74, 6) is 1.91. The van der Waals surface area contributed by atoms with Crippen molar-refractivity contribution in [1.82, 2.24) is 43.8 Å². The number of aryl methyl sites for hydroxylation is 1.